The maximum atomic E-state index is 11.8. The van der Waals surface area contributed by atoms with Crippen LogP contribution in [-0.4, -0.2) is 35.3 Å². The molecule has 0 aromatic heterocycles. The summed E-state index contributed by atoms with van der Waals surface area (Å²) in [5, 5.41) is 7.12. The van der Waals surface area contributed by atoms with Gasteiger partial charge in [-0.1, -0.05) is 60.7 Å². The predicted molar refractivity (Wildman–Crippen MR) is 99.7 cm³/mol. The molecule has 30 heavy (non-hydrogen) atoms. The molecule has 2 rings (SSSR count). The molecule has 0 aliphatic rings. The van der Waals surface area contributed by atoms with Gasteiger partial charge in [-0.05, 0) is 17.5 Å². The van der Waals surface area contributed by atoms with Crippen molar-refractivity contribution >= 4 is 18.0 Å². The molecule has 11 heteroatoms. The van der Waals surface area contributed by atoms with Gasteiger partial charge in [0.05, 0.1) is 6.04 Å². The molecule has 0 unspecified atom stereocenters. The molecule has 0 aliphatic heterocycles. The number of carboxylic acids is 1. The zero-order valence-electron chi connectivity index (χ0n) is 15.6. The number of amides is 2. The van der Waals surface area contributed by atoms with Crippen molar-refractivity contribution in [3.63, 3.8) is 0 Å². The monoisotopic (exact) mass is 427 g/mol. The van der Waals surface area contributed by atoms with Crippen LogP contribution < -0.4 is 16.6 Å². The van der Waals surface area contributed by atoms with E-state index in [1.807, 2.05) is 60.7 Å². The van der Waals surface area contributed by atoms with E-state index in [0.717, 1.165) is 11.1 Å². The minimum Gasteiger partial charge on any atom is -0.475 e. The number of hydrogen-bond donors (Lipinski definition) is 4. The Kier molecular flexibility index (Phi) is 9.83. The zero-order chi connectivity index (χ0) is 22.6. The number of alkyl halides is 3. The second kappa shape index (κ2) is 12.1. The maximum absolute atomic E-state index is 11.8. The number of carbonyl (C=O) groups is 3. The van der Waals surface area contributed by atoms with Crippen molar-refractivity contribution in [3.05, 3.63) is 71.8 Å². The van der Waals surface area contributed by atoms with E-state index in [2.05, 4.69) is 10.9 Å². The highest BCUT2D eigenvalue weighted by molar-refractivity contribution is 5.83. The van der Waals surface area contributed by atoms with E-state index in [1.165, 1.54) is 0 Å². The number of carbonyl (C=O) groups excluding carboxylic acids is 2. The normalized spacial score (nSPS) is 11.3. The molecule has 162 valence electrons. The molecule has 0 spiro atoms. The van der Waals surface area contributed by atoms with Crippen molar-refractivity contribution in [3.8, 4) is 0 Å². The molecule has 0 saturated carbocycles. The number of hydrogen-bond acceptors (Lipinski definition) is 5. The summed E-state index contributed by atoms with van der Waals surface area (Å²) in [5.74, 6) is -3.24. The number of hydrazine groups is 1. The summed E-state index contributed by atoms with van der Waals surface area (Å²) in [5.41, 5.74) is 12.0. The van der Waals surface area contributed by atoms with Crippen LogP contribution in [0.1, 0.15) is 11.1 Å². The molecule has 8 nitrogen and oxygen atoms in total. The highest BCUT2D eigenvalue weighted by atomic mass is 19.4. The van der Waals surface area contributed by atoms with Gasteiger partial charge in [-0.25, -0.2) is 15.0 Å². The highest BCUT2D eigenvalue weighted by Gasteiger charge is 2.38. The van der Waals surface area contributed by atoms with Gasteiger partial charge in [0, 0.05) is 0 Å². The summed E-state index contributed by atoms with van der Waals surface area (Å²) in [6.45, 7) is 0.124. The summed E-state index contributed by atoms with van der Waals surface area (Å²) in [4.78, 5) is 32.2. The Bertz CT molecular complexity index is 817. The molecule has 2 amide bonds. The van der Waals surface area contributed by atoms with E-state index in [-0.39, 0.29) is 6.61 Å². The van der Waals surface area contributed by atoms with Gasteiger partial charge < -0.3 is 15.6 Å². The molecular formula is C19H20F3N3O5. The summed E-state index contributed by atoms with van der Waals surface area (Å²) in [6, 6.07) is 17.9. The van der Waals surface area contributed by atoms with Crippen LogP contribution in [0.25, 0.3) is 0 Å². The van der Waals surface area contributed by atoms with Crippen molar-refractivity contribution in [2.75, 3.05) is 0 Å². The molecule has 0 aliphatic carbocycles. The number of nitrogens with one attached hydrogen (secondary N) is 2. The van der Waals surface area contributed by atoms with Crippen LogP contribution in [0, 0.1) is 0 Å². The minimum atomic E-state index is -5.08. The predicted octanol–water partition coefficient (Wildman–Crippen LogP) is 2.15. The van der Waals surface area contributed by atoms with Crippen LogP contribution in [0.15, 0.2) is 60.7 Å². The summed E-state index contributed by atoms with van der Waals surface area (Å²) >= 11 is 0. The lowest BCUT2D eigenvalue weighted by molar-refractivity contribution is -0.192. The third kappa shape index (κ3) is 10.1. The Labute approximate surface area is 169 Å². The Balaban J connectivity index is 0.000000553. The number of benzene rings is 2. The Morgan fingerprint density at radius 3 is 1.87 bits per heavy atom. The molecule has 1 atom stereocenters. The van der Waals surface area contributed by atoms with Gasteiger partial charge in [0.25, 0.3) is 5.91 Å². The van der Waals surface area contributed by atoms with Gasteiger partial charge in [-0.15, -0.1) is 0 Å². The van der Waals surface area contributed by atoms with Crippen LogP contribution >= 0.6 is 0 Å². The average molecular weight is 427 g/mol. The van der Waals surface area contributed by atoms with Crippen LogP contribution in [0.3, 0.4) is 0 Å². The number of aliphatic carboxylic acids is 1. The van der Waals surface area contributed by atoms with Crippen LogP contribution in [0.4, 0.5) is 18.0 Å². The SMILES string of the molecule is N[C@H](Cc1ccccc1)C(=O)NNC(=O)OCc1ccccc1.O=C(O)C(F)(F)F. The van der Waals surface area contributed by atoms with E-state index in [0.29, 0.717) is 6.42 Å². The third-order valence-electron chi connectivity index (χ3n) is 3.38. The molecule has 2 aromatic rings. The van der Waals surface area contributed by atoms with Crippen molar-refractivity contribution in [1.82, 2.24) is 10.9 Å². The fourth-order valence-corrected chi connectivity index (χ4v) is 1.93. The topological polar surface area (TPSA) is 131 Å². The van der Waals surface area contributed by atoms with Crippen molar-refractivity contribution in [1.29, 1.82) is 0 Å². The van der Waals surface area contributed by atoms with Gasteiger partial charge in [0.2, 0.25) is 0 Å². The summed E-state index contributed by atoms with van der Waals surface area (Å²) in [7, 11) is 0. The van der Waals surface area contributed by atoms with Crippen molar-refractivity contribution in [2.24, 2.45) is 5.73 Å². The van der Waals surface area contributed by atoms with Crippen LogP contribution in [0.5, 0.6) is 0 Å². The maximum Gasteiger partial charge on any atom is 0.490 e. The summed E-state index contributed by atoms with van der Waals surface area (Å²) in [6.07, 6.45) is -5.44. The van der Waals surface area contributed by atoms with Gasteiger partial charge >= 0.3 is 18.2 Å². The van der Waals surface area contributed by atoms with Crippen molar-refractivity contribution in [2.45, 2.75) is 25.2 Å². The lowest BCUT2D eigenvalue weighted by Crippen LogP contribution is -2.50. The molecule has 5 N–H and O–H groups in total. The molecule has 2 aromatic carbocycles. The molecule has 0 bridgehead atoms. The first kappa shape index (κ1) is 24.4. The van der Waals surface area contributed by atoms with Gasteiger partial charge in [0.1, 0.15) is 6.61 Å². The van der Waals surface area contributed by atoms with Crippen LogP contribution in [0.2, 0.25) is 0 Å². The Hall–Kier alpha value is -3.60. The fourth-order valence-electron chi connectivity index (χ4n) is 1.93. The first-order valence-corrected chi connectivity index (χ1v) is 8.45. The van der Waals surface area contributed by atoms with Gasteiger partial charge in [-0.2, -0.15) is 13.2 Å². The van der Waals surface area contributed by atoms with E-state index >= 15 is 0 Å². The highest BCUT2D eigenvalue weighted by Crippen LogP contribution is 2.13. The molecule has 0 radical (unpaired) electrons. The Morgan fingerprint density at radius 1 is 0.933 bits per heavy atom. The standard InChI is InChI=1S/C17H19N3O3.C2HF3O2/c18-15(11-13-7-3-1-4-8-13)16(21)19-20-17(22)23-12-14-9-5-2-6-10-14;3-2(4,5)1(6)7/h1-10,15H,11-12,18H2,(H,19,21)(H,20,22);(H,6,7)/t15-;/m1./s1. The minimum absolute atomic E-state index is 0.124. The second-order valence-electron chi connectivity index (χ2n) is 5.78. The van der Waals surface area contributed by atoms with E-state index < -0.39 is 30.2 Å². The third-order valence-corrected chi connectivity index (χ3v) is 3.38. The van der Waals surface area contributed by atoms with E-state index in [4.69, 9.17) is 20.4 Å². The molecular weight excluding hydrogens is 407 g/mol. The number of carboxylic acid groups (broad SMARTS) is 1. The molecule has 0 heterocycles. The second-order valence-corrected chi connectivity index (χ2v) is 5.78. The summed E-state index contributed by atoms with van der Waals surface area (Å²) < 4.78 is 36.7. The molecule has 0 saturated heterocycles. The molecule has 0 fully saturated rings. The lowest BCUT2D eigenvalue weighted by Gasteiger charge is -2.13. The first-order chi connectivity index (χ1) is 14.1. The van der Waals surface area contributed by atoms with Crippen LogP contribution in [-0.2, 0) is 27.4 Å². The van der Waals surface area contributed by atoms with Gasteiger partial charge in [-0.3, -0.25) is 10.2 Å². The number of halogens is 3. The smallest absolute Gasteiger partial charge is 0.475 e. The lowest BCUT2D eigenvalue weighted by atomic mass is 10.1. The Morgan fingerprint density at radius 2 is 1.40 bits per heavy atom. The van der Waals surface area contributed by atoms with Crippen molar-refractivity contribution < 1.29 is 37.4 Å². The van der Waals surface area contributed by atoms with E-state index in [1.54, 1.807) is 0 Å². The number of ether oxygens (including phenoxy) is 1. The number of nitrogens with two attached hydrogens (primary N) is 1. The largest absolute Gasteiger partial charge is 0.490 e. The zero-order valence-corrected chi connectivity index (χ0v) is 15.6. The van der Waals surface area contributed by atoms with Gasteiger partial charge in [0.15, 0.2) is 0 Å². The first-order valence-electron chi connectivity index (χ1n) is 8.45. The average Bonchev–Trinajstić information content (AvgIpc) is 2.71. The van der Waals surface area contributed by atoms with E-state index in [9.17, 15) is 22.8 Å². The number of rotatable bonds is 5. The quantitative estimate of drug-likeness (QED) is 0.541. The fraction of sp³-hybridized carbons (Fsp3) is 0.211.